The molecule has 2 unspecified atom stereocenters. The van der Waals surface area contributed by atoms with Gasteiger partial charge in [-0.25, -0.2) is 0 Å². The molecule has 0 spiro atoms. The fourth-order valence-electron chi connectivity index (χ4n) is 4.01. The lowest BCUT2D eigenvalue weighted by atomic mass is 9.94. The molecule has 1 aromatic carbocycles. The zero-order valence-electron chi connectivity index (χ0n) is 13.6. The first kappa shape index (κ1) is 14.9. The molecule has 21 heavy (non-hydrogen) atoms. The molecule has 1 N–H and O–H groups in total. The number of hydrogen-bond acceptors (Lipinski definition) is 2. The SMILES string of the molecule is Cc1ccc(N2CC(C)CC(NCC3CCCC3)C2)cc1. The van der Waals surface area contributed by atoms with Gasteiger partial charge in [0.15, 0.2) is 0 Å². The van der Waals surface area contributed by atoms with E-state index in [9.17, 15) is 0 Å². The maximum atomic E-state index is 3.86. The van der Waals surface area contributed by atoms with Gasteiger partial charge in [-0.05, 0) is 56.7 Å². The number of nitrogens with zero attached hydrogens (tertiary/aromatic N) is 1. The van der Waals surface area contributed by atoms with E-state index in [0.717, 1.165) is 11.8 Å². The molecule has 2 atom stereocenters. The minimum atomic E-state index is 0.663. The van der Waals surface area contributed by atoms with Crippen molar-refractivity contribution >= 4 is 5.69 Å². The predicted octanol–water partition coefficient (Wildman–Crippen LogP) is 3.99. The Kier molecular flexibility index (Phi) is 4.84. The minimum Gasteiger partial charge on any atom is -0.370 e. The van der Waals surface area contributed by atoms with Crippen molar-refractivity contribution in [3.63, 3.8) is 0 Å². The number of nitrogens with one attached hydrogen (secondary N) is 1. The first-order valence-electron chi connectivity index (χ1n) is 8.75. The fourth-order valence-corrected chi connectivity index (χ4v) is 4.01. The van der Waals surface area contributed by atoms with E-state index in [1.165, 1.54) is 63.0 Å². The predicted molar refractivity (Wildman–Crippen MR) is 90.9 cm³/mol. The van der Waals surface area contributed by atoms with Gasteiger partial charge in [-0.2, -0.15) is 0 Å². The van der Waals surface area contributed by atoms with Crippen molar-refractivity contribution in [2.24, 2.45) is 11.8 Å². The van der Waals surface area contributed by atoms with Crippen LogP contribution in [0.3, 0.4) is 0 Å². The molecule has 2 heteroatoms. The van der Waals surface area contributed by atoms with E-state index in [-0.39, 0.29) is 0 Å². The molecule has 0 radical (unpaired) electrons. The molecule has 1 heterocycles. The average Bonchev–Trinajstić information content (AvgIpc) is 2.99. The summed E-state index contributed by atoms with van der Waals surface area (Å²) in [6.45, 7) is 8.16. The third-order valence-corrected chi connectivity index (χ3v) is 5.23. The highest BCUT2D eigenvalue weighted by molar-refractivity contribution is 5.48. The van der Waals surface area contributed by atoms with Crippen molar-refractivity contribution in [2.45, 2.75) is 52.0 Å². The standard InChI is InChI=1S/C19H30N2/c1-15-7-9-19(10-8-15)21-13-16(2)11-18(14-21)20-12-17-5-3-4-6-17/h7-10,16-18,20H,3-6,11-14H2,1-2H3. The second-order valence-electron chi connectivity index (χ2n) is 7.34. The lowest BCUT2D eigenvalue weighted by molar-refractivity contribution is 0.332. The first-order chi connectivity index (χ1) is 10.2. The topological polar surface area (TPSA) is 15.3 Å². The molecule has 0 bridgehead atoms. The second kappa shape index (κ2) is 6.83. The molecule has 1 aliphatic heterocycles. The lowest BCUT2D eigenvalue weighted by Gasteiger charge is -2.39. The van der Waals surface area contributed by atoms with Crippen LogP contribution in [-0.2, 0) is 0 Å². The van der Waals surface area contributed by atoms with E-state index >= 15 is 0 Å². The summed E-state index contributed by atoms with van der Waals surface area (Å²) in [5.41, 5.74) is 2.74. The van der Waals surface area contributed by atoms with Gasteiger partial charge in [0.2, 0.25) is 0 Å². The van der Waals surface area contributed by atoms with E-state index in [4.69, 9.17) is 0 Å². The second-order valence-corrected chi connectivity index (χ2v) is 7.34. The van der Waals surface area contributed by atoms with Crippen LogP contribution in [0, 0.1) is 18.8 Å². The summed E-state index contributed by atoms with van der Waals surface area (Å²) >= 11 is 0. The number of benzene rings is 1. The number of aryl methyl sites for hydroxylation is 1. The molecule has 3 rings (SSSR count). The van der Waals surface area contributed by atoms with E-state index in [0.29, 0.717) is 6.04 Å². The van der Waals surface area contributed by atoms with Crippen LogP contribution >= 0.6 is 0 Å². The van der Waals surface area contributed by atoms with Crippen molar-refractivity contribution in [3.8, 4) is 0 Å². The van der Waals surface area contributed by atoms with Gasteiger partial charge in [0.05, 0.1) is 0 Å². The third-order valence-electron chi connectivity index (χ3n) is 5.23. The highest BCUT2D eigenvalue weighted by Crippen LogP contribution is 2.26. The molecule has 1 aliphatic carbocycles. The molecular formula is C19H30N2. The molecule has 1 aromatic rings. The smallest absolute Gasteiger partial charge is 0.0367 e. The van der Waals surface area contributed by atoms with Gasteiger partial charge in [0.25, 0.3) is 0 Å². The van der Waals surface area contributed by atoms with Crippen molar-refractivity contribution in [1.82, 2.24) is 5.32 Å². The Morgan fingerprint density at radius 3 is 2.52 bits per heavy atom. The number of piperidine rings is 1. The molecule has 0 amide bonds. The third kappa shape index (κ3) is 4.00. The van der Waals surface area contributed by atoms with Crippen molar-refractivity contribution in [2.75, 3.05) is 24.5 Å². The van der Waals surface area contributed by atoms with E-state index < -0.39 is 0 Å². The van der Waals surface area contributed by atoms with Crippen LogP contribution in [0.1, 0.15) is 44.6 Å². The Morgan fingerprint density at radius 2 is 1.81 bits per heavy atom. The lowest BCUT2D eigenvalue weighted by Crippen LogP contribution is -2.49. The Hall–Kier alpha value is -1.02. The van der Waals surface area contributed by atoms with Gasteiger partial charge in [0, 0.05) is 24.8 Å². The zero-order chi connectivity index (χ0) is 14.7. The van der Waals surface area contributed by atoms with E-state index in [1.54, 1.807) is 0 Å². The average molecular weight is 286 g/mol. The van der Waals surface area contributed by atoms with Crippen LogP contribution in [0.2, 0.25) is 0 Å². The van der Waals surface area contributed by atoms with Gasteiger partial charge in [-0.15, -0.1) is 0 Å². The summed E-state index contributed by atoms with van der Waals surface area (Å²) in [6.07, 6.45) is 7.11. The van der Waals surface area contributed by atoms with Gasteiger partial charge in [0.1, 0.15) is 0 Å². The summed E-state index contributed by atoms with van der Waals surface area (Å²) in [5, 5.41) is 3.86. The maximum absolute atomic E-state index is 3.86. The minimum absolute atomic E-state index is 0.663. The van der Waals surface area contributed by atoms with Crippen LogP contribution in [0.25, 0.3) is 0 Å². The Morgan fingerprint density at radius 1 is 1.10 bits per heavy atom. The van der Waals surface area contributed by atoms with Gasteiger partial charge < -0.3 is 10.2 Å². The van der Waals surface area contributed by atoms with Crippen LogP contribution in [0.4, 0.5) is 5.69 Å². The zero-order valence-corrected chi connectivity index (χ0v) is 13.6. The highest BCUT2D eigenvalue weighted by Gasteiger charge is 2.25. The normalized spacial score (nSPS) is 27.2. The molecule has 116 valence electrons. The van der Waals surface area contributed by atoms with Crippen molar-refractivity contribution in [3.05, 3.63) is 29.8 Å². The number of rotatable bonds is 4. The molecule has 1 saturated heterocycles. The maximum Gasteiger partial charge on any atom is 0.0367 e. The van der Waals surface area contributed by atoms with Crippen LogP contribution in [-0.4, -0.2) is 25.7 Å². The molecule has 2 nitrogen and oxygen atoms in total. The summed E-state index contributed by atoms with van der Waals surface area (Å²) < 4.78 is 0. The first-order valence-corrected chi connectivity index (χ1v) is 8.75. The van der Waals surface area contributed by atoms with Gasteiger partial charge in [-0.3, -0.25) is 0 Å². The fraction of sp³-hybridized carbons (Fsp3) is 0.684. The van der Waals surface area contributed by atoms with Gasteiger partial charge in [-0.1, -0.05) is 37.5 Å². The Balaban J connectivity index is 1.57. The van der Waals surface area contributed by atoms with Crippen molar-refractivity contribution in [1.29, 1.82) is 0 Å². The molecule has 1 saturated carbocycles. The van der Waals surface area contributed by atoms with Crippen molar-refractivity contribution < 1.29 is 0 Å². The highest BCUT2D eigenvalue weighted by atomic mass is 15.2. The monoisotopic (exact) mass is 286 g/mol. The van der Waals surface area contributed by atoms with E-state index in [1.807, 2.05) is 0 Å². The summed E-state index contributed by atoms with van der Waals surface area (Å²) in [6, 6.07) is 9.68. The van der Waals surface area contributed by atoms with Crippen LogP contribution < -0.4 is 10.2 Å². The summed E-state index contributed by atoms with van der Waals surface area (Å²) in [5.74, 6) is 1.72. The molecule has 2 aliphatic rings. The largest absolute Gasteiger partial charge is 0.370 e. The molecule has 0 aromatic heterocycles. The summed E-state index contributed by atoms with van der Waals surface area (Å²) in [4.78, 5) is 2.57. The molecule has 2 fully saturated rings. The molecular weight excluding hydrogens is 256 g/mol. The summed E-state index contributed by atoms with van der Waals surface area (Å²) in [7, 11) is 0. The van der Waals surface area contributed by atoms with Crippen LogP contribution in [0.5, 0.6) is 0 Å². The van der Waals surface area contributed by atoms with E-state index in [2.05, 4.69) is 48.3 Å². The van der Waals surface area contributed by atoms with Crippen LogP contribution in [0.15, 0.2) is 24.3 Å². The Labute approximate surface area is 129 Å². The Bertz CT molecular complexity index is 433. The number of anilines is 1. The number of hydrogen-bond donors (Lipinski definition) is 1. The van der Waals surface area contributed by atoms with Gasteiger partial charge >= 0.3 is 0 Å². The quantitative estimate of drug-likeness (QED) is 0.900.